The van der Waals surface area contributed by atoms with Crippen molar-refractivity contribution < 1.29 is 41.3 Å². The van der Waals surface area contributed by atoms with Gasteiger partial charge in [-0.05, 0) is 81.4 Å². The van der Waals surface area contributed by atoms with Gasteiger partial charge < -0.3 is 19.5 Å². The minimum atomic E-state index is -3.50. The zero-order chi connectivity index (χ0) is 31.5. The van der Waals surface area contributed by atoms with Crippen molar-refractivity contribution in [2.24, 2.45) is 0 Å². The number of aliphatic hydroxyl groups excluding tert-OH is 1. The van der Waals surface area contributed by atoms with Crippen LogP contribution in [0, 0.1) is 11.6 Å². The molecule has 1 heterocycles. The van der Waals surface area contributed by atoms with E-state index in [1.165, 1.54) is 9.80 Å². The van der Waals surface area contributed by atoms with E-state index in [0.717, 1.165) is 28.8 Å². The number of rotatable bonds is 11. The van der Waals surface area contributed by atoms with Crippen molar-refractivity contribution in [1.29, 1.82) is 0 Å². The van der Waals surface area contributed by atoms with Crippen LogP contribution in [0.4, 0.5) is 26.7 Å². The fourth-order valence-electron chi connectivity index (χ4n) is 5.78. The van der Waals surface area contributed by atoms with Gasteiger partial charge in [-0.3, -0.25) is 9.29 Å². The van der Waals surface area contributed by atoms with Gasteiger partial charge in [-0.25, -0.2) is 22.4 Å². The monoisotopic (exact) mass is 610 g/mol. The van der Waals surface area contributed by atoms with Gasteiger partial charge in [0.2, 0.25) is 0 Å². The van der Waals surface area contributed by atoms with E-state index in [2.05, 4.69) is 0 Å². The Morgan fingerprint density at radius 3 is 2.51 bits per heavy atom. The number of ether oxygens (including phenoxy) is 2. The van der Waals surface area contributed by atoms with Crippen LogP contribution in [0.2, 0.25) is 0 Å². The van der Waals surface area contributed by atoms with E-state index in [-0.39, 0.29) is 31.9 Å². The first kappa shape index (κ1) is 32.7. The molecule has 1 amide bonds. The normalized spacial score (nSPS) is 18.8. The number of aliphatic hydroxyl groups is 1. The fraction of sp³-hybridized carbons (Fsp3) is 0.531. The number of halogens is 5. The van der Waals surface area contributed by atoms with Crippen molar-refractivity contribution in [3.63, 3.8) is 0 Å². The average molecular weight is 611 g/mol. The number of fused-ring (bicyclic) bond motifs is 2. The van der Waals surface area contributed by atoms with Crippen molar-refractivity contribution >= 4 is 11.7 Å². The zero-order valence-corrected chi connectivity index (χ0v) is 24.9. The maximum Gasteiger partial charge on any atom is 0.410 e. The molecule has 1 aliphatic carbocycles. The molecule has 0 radical (unpaired) electrons. The predicted octanol–water partition coefficient (Wildman–Crippen LogP) is 6.71. The number of carbonyl (C=O) groups excluding carboxylic acids is 1. The van der Waals surface area contributed by atoms with Crippen molar-refractivity contribution in [3.05, 3.63) is 70.3 Å². The third-order valence-electron chi connectivity index (χ3n) is 7.68. The van der Waals surface area contributed by atoms with E-state index in [9.17, 15) is 23.1 Å². The quantitative estimate of drug-likeness (QED) is 0.287. The molecule has 1 aliphatic heterocycles. The number of hydrogen-bond acceptors (Lipinski definition) is 5. The van der Waals surface area contributed by atoms with E-state index < -0.39 is 66.7 Å². The highest BCUT2D eigenvalue weighted by atomic mass is 19.3. The molecule has 0 saturated carbocycles. The number of carbonyl (C=O) groups is 1. The largest absolute Gasteiger partial charge is 0.489 e. The summed E-state index contributed by atoms with van der Waals surface area (Å²) >= 11 is 0. The molecule has 2 aromatic rings. The zero-order valence-electron chi connectivity index (χ0n) is 24.9. The molecule has 0 saturated heterocycles. The molecule has 11 heteroatoms. The Bertz CT molecular complexity index is 1340. The lowest BCUT2D eigenvalue weighted by atomic mass is 9.84. The summed E-state index contributed by atoms with van der Waals surface area (Å²) in [4.78, 5) is 15.2. The van der Waals surface area contributed by atoms with E-state index in [4.69, 9.17) is 9.47 Å². The summed E-state index contributed by atoms with van der Waals surface area (Å²) in [6.45, 7) is 3.65. The highest BCUT2D eigenvalue weighted by Gasteiger charge is 2.45. The minimum Gasteiger partial charge on any atom is -0.489 e. The molecule has 4 rings (SSSR count). The molecular formula is C32H39F5N2O4. The van der Waals surface area contributed by atoms with Gasteiger partial charge in [0.05, 0.1) is 25.8 Å². The summed E-state index contributed by atoms with van der Waals surface area (Å²) in [6.07, 6.45) is 0.139. The molecule has 1 N–H and O–H groups in total. The van der Waals surface area contributed by atoms with Crippen LogP contribution < -0.4 is 4.74 Å². The van der Waals surface area contributed by atoms with Crippen LogP contribution in [0.25, 0.3) is 5.57 Å². The van der Waals surface area contributed by atoms with E-state index in [0.29, 0.717) is 18.4 Å². The second-order valence-electron chi connectivity index (χ2n) is 12.1. The molecule has 43 heavy (non-hydrogen) atoms. The number of alkyl halides is 3. The molecular weight excluding hydrogens is 571 g/mol. The van der Waals surface area contributed by atoms with Gasteiger partial charge in [0.15, 0.2) is 11.6 Å². The van der Waals surface area contributed by atoms with Crippen LogP contribution in [-0.2, 0) is 11.2 Å². The number of amides is 1. The van der Waals surface area contributed by atoms with Crippen LogP contribution in [0.15, 0.2) is 42.0 Å². The highest BCUT2D eigenvalue weighted by molar-refractivity contribution is 5.79. The number of nitrogens with zero attached hydrogens (tertiary/aromatic N) is 2. The topological polar surface area (TPSA) is 62.2 Å². The van der Waals surface area contributed by atoms with Crippen molar-refractivity contribution in [2.45, 2.75) is 70.6 Å². The molecule has 0 unspecified atom stereocenters. The summed E-state index contributed by atoms with van der Waals surface area (Å²) in [6, 6.07) is 8.02. The van der Waals surface area contributed by atoms with Gasteiger partial charge in [-0.1, -0.05) is 24.3 Å². The third-order valence-corrected chi connectivity index (χ3v) is 7.68. The van der Waals surface area contributed by atoms with Crippen LogP contribution in [-0.4, -0.2) is 78.1 Å². The first-order valence-electron chi connectivity index (χ1n) is 14.5. The number of hydrogen-bond donors (Lipinski definition) is 1. The molecule has 236 valence electrons. The molecule has 2 atom stereocenters. The minimum absolute atomic E-state index is 0.0530. The first-order valence-corrected chi connectivity index (χ1v) is 14.5. The van der Waals surface area contributed by atoms with Crippen molar-refractivity contribution in [1.82, 2.24) is 9.80 Å². The van der Waals surface area contributed by atoms with Gasteiger partial charge in [-0.15, -0.1) is 0 Å². The van der Waals surface area contributed by atoms with E-state index in [1.54, 1.807) is 27.7 Å². The summed E-state index contributed by atoms with van der Waals surface area (Å²) in [5, 5.41) is 9.33. The molecule has 0 aromatic heterocycles. The maximum atomic E-state index is 16.2. The third kappa shape index (κ3) is 7.49. The van der Waals surface area contributed by atoms with Crippen LogP contribution in [0.5, 0.6) is 5.75 Å². The van der Waals surface area contributed by atoms with Crippen molar-refractivity contribution in [2.75, 3.05) is 39.5 Å². The second kappa shape index (κ2) is 13.2. The lowest BCUT2D eigenvalue weighted by molar-refractivity contribution is -0.0862. The van der Waals surface area contributed by atoms with Gasteiger partial charge in [0.25, 0.3) is 5.92 Å². The standard InChI is InChI=1S/C32H39F5N2O4/c1-20-16-23-22-9-6-5-8-21(22)17-24(23)29(39(20)18-32(36,37)19-40)27-25(34)10-11-26(28(27)35)42-15-14-38(13-7-12-33)30(41)43-31(2,3)4/h5-6,8-11,20,29,40H,7,12-19H2,1-4H3/t20-,29+/m1/s1. The summed E-state index contributed by atoms with van der Waals surface area (Å²) < 4.78 is 84.9. The Morgan fingerprint density at radius 2 is 1.84 bits per heavy atom. The molecule has 2 aromatic carbocycles. The molecule has 0 fully saturated rings. The summed E-state index contributed by atoms with van der Waals surface area (Å²) in [7, 11) is 0. The summed E-state index contributed by atoms with van der Waals surface area (Å²) in [5.41, 5.74) is 2.19. The second-order valence-corrected chi connectivity index (χ2v) is 12.1. The Balaban J connectivity index is 1.66. The van der Waals surface area contributed by atoms with Gasteiger partial charge >= 0.3 is 6.09 Å². The Kier molecular flexibility index (Phi) is 10.1. The summed E-state index contributed by atoms with van der Waals surface area (Å²) in [5.74, 6) is -5.76. The van der Waals surface area contributed by atoms with E-state index >= 15 is 8.78 Å². The molecule has 2 aliphatic rings. The Hall–Kier alpha value is -3.18. The SMILES string of the molecule is C[C@@H]1CC2=C(Cc3ccccc32)[C@@H](c2c(F)ccc(OCCN(CCCF)C(=O)OC(C)(C)C)c2F)N1CC(F)(F)CO. The maximum absolute atomic E-state index is 16.2. The molecule has 6 nitrogen and oxygen atoms in total. The van der Waals surface area contributed by atoms with Crippen LogP contribution in [0.3, 0.4) is 0 Å². The predicted molar refractivity (Wildman–Crippen MR) is 153 cm³/mol. The fourth-order valence-corrected chi connectivity index (χ4v) is 5.78. The van der Waals surface area contributed by atoms with Gasteiger partial charge in [0, 0.05) is 18.2 Å². The molecule has 0 bridgehead atoms. The number of benzene rings is 2. The average Bonchev–Trinajstić information content (AvgIpc) is 3.30. The molecule has 0 spiro atoms. The van der Waals surface area contributed by atoms with Gasteiger partial charge in [-0.2, -0.15) is 0 Å². The lowest BCUT2D eigenvalue weighted by Gasteiger charge is -2.43. The Labute approximate surface area is 249 Å². The Morgan fingerprint density at radius 1 is 1.12 bits per heavy atom. The lowest BCUT2D eigenvalue weighted by Crippen LogP contribution is -2.48. The van der Waals surface area contributed by atoms with E-state index in [1.807, 2.05) is 24.3 Å². The van der Waals surface area contributed by atoms with Crippen LogP contribution >= 0.6 is 0 Å². The van der Waals surface area contributed by atoms with Gasteiger partial charge in [0.1, 0.15) is 24.6 Å². The van der Waals surface area contributed by atoms with Crippen molar-refractivity contribution in [3.8, 4) is 5.75 Å². The van der Waals surface area contributed by atoms with Crippen LogP contribution in [0.1, 0.15) is 63.3 Å². The first-order chi connectivity index (χ1) is 20.3. The smallest absolute Gasteiger partial charge is 0.410 e. The highest BCUT2D eigenvalue weighted by Crippen LogP contribution is 2.50.